The van der Waals surface area contributed by atoms with E-state index in [1.807, 2.05) is 0 Å². The predicted molar refractivity (Wildman–Crippen MR) is 60.1 cm³/mol. The van der Waals surface area contributed by atoms with E-state index in [-0.39, 0.29) is 5.69 Å². The second kappa shape index (κ2) is 4.65. The number of halogens is 3. The van der Waals surface area contributed by atoms with Gasteiger partial charge < -0.3 is 9.73 Å². The van der Waals surface area contributed by atoms with Gasteiger partial charge in [0.1, 0.15) is 17.4 Å². The van der Waals surface area contributed by atoms with Crippen molar-refractivity contribution in [3.63, 3.8) is 0 Å². The smallest absolute Gasteiger partial charge is 0.150 e. The van der Waals surface area contributed by atoms with Gasteiger partial charge in [0.05, 0.1) is 18.5 Å². The van der Waals surface area contributed by atoms with Crippen molar-refractivity contribution in [3.8, 4) is 0 Å². The van der Waals surface area contributed by atoms with E-state index in [9.17, 15) is 8.78 Å². The fourth-order valence-electron chi connectivity index (χ4n) is 1.30. The van der Waals surface area contributed by atoms with Crippen LogP contribution in [-0.2, 0) is 6.54 Å². The number of hydrogen-bond acceptors (Lipinski definition) is 2. The highest BCUT2D eigenvalue weighted by molar-refractivity contribution is 9.10. The van der Waals surface area contributed by atoms with Gasteiger partial charge in [0, 0.05) is 10.5 Å². The Morgan fingerprint density at radius 1 is 1.31 bits per heavy atom. The standard InChI is InChI=1S/C11H8BrF2NO/c12-9-4-7(13)5-10(14)11(9)15-6-8-2-1-3-16-8/h1-5,15H,6H2. The quantitative estimate of drug-likeness (QED) is 0.925. The summed E-state index contributed by atoms with van der Waals surface area (Å²) in [6.07, 6.45) is 1.53. The number of rotatable bonds is 3. The molecule has 0 radical (unpaired) electrons. The summed E-state index contributed by atoms with van der Waals surface area (Å²) in [5.74, 6) is -0.582. The van der Waals surface area contributed by atoms with Crippen molar-refractivity contribution in [2.24, 2.45) is 0 Å². The Hall–Kier alpha value is -1.36. The Labute approximate surface area is 99.4 Å². The second-order valence-corrected chi connectivity index (χ2v) is 4.03. The SMILES string of the molecule is Fc1cc(F)c(NCc2ccco2)c(Br)c1. The molecule has 0 saturated heterocycles. The molecule has 1 aromatic carbocycles. The molecule has 2 aromatic rings. The molecular formula is C11H8BrF2NO. The molecule has 0 unspecified atom stereocenters. The first-order valence-electron chi connectivity index (χ1n) is 4.57. The Morgan fingerprint density at radius 3 is 2.75 bits per heavy atom. The molecule has 2 rings (SSSR count). The zero-order valence-corrected chi connectivity index (χ0v) is 9.72. The molecule has 0 amide bonds. The number of nitrogens with one attached hydrogen (secondary N) is 1. The van der Waals surface area contributed by atoms with Crippen LogP contribution in [-0.4, -0.2) is 0 Å². The molecule has 0 spiro atoms. The van der Waals surface area contributed by atoms with Gasteiger partial charge in [-0.15, -0.1) is 0 Å². The van der Waals surface area contributed by atoms with E-state index in [1.165, 1.54) is 12.3 Å². The van der Waals surface area contributed by atoms with E-state index in [4.69, 9.17) is 4.42 Å². The molecule has 0 atom stereocenters. The van der Waals surface area contributed by atoms with Crippen molar-refractivity contribution in [2.75, 3.05) is 5.32 Å². The van der Waals surface area contributed by atoms with E-state index < -0.39 is 11.6 Å². The van der Waals surface area contributed by atoms with Crippen LogP contribution in [0.1, 0.15) is 5.76 Å². The third-order valence-corrected chi connectivity index (χ3v) is 2.65. The maximum atomic E-state index is 13.4. The minimum atomic E-state index is -0.640. The van der Waals surface area contributed by atoms with Crippen molar-refractivity contribution in [3.05, 3.63) is 52.4 Å². The topological polar surface area (TPSA) is 25.2 Å². The van der Waals surface area contributed by atoms with E-state index in [0.717, 1.165) is 6.07 Å². The van der Waals surface area contributed by atoms with Crippen LogP contribution in [0.3, 0.4) is 0 Å². The molecular weight excluding hydrogens is 280 g/mol. The van der Waals surface area contributed by atoms with Gasteiger partial charge in [-0.2, -0.15) is 0 Å². The van der Waals surface area contributed by atoms with E-state index in [0.29, 0.717) is 16.8 Å². The van der Waals surface area contributed by atoms with Crippen molar-refractivity contribution < 1.29 is 13.2 Å². The van der Waals surface area contributed by atoms with E-state index in [2.05, 4.69) is 21.2 Å². The zero-order chi connectivity index (χ0) is 11.5. The first-order valence-corrected chi connectivity index (χ1v) is 5.37. The molecule has 0 aliphatic rings. The molecule has 5 heteroatoms. The molecule has 1 aromatic heterocycles. The molecule has 84 valence electrons. The zero-order valence-electron chi connectivity index (χ0n) is 8.14. The molecule has 0 fully saturated rings. The summed E-state index contributed by atoms with van der Waals surface area (Å²) in [4.78, 5) is 0. The Kier molecular flexibility index (Phi) is 3.24. The van der Waals surface area contributed by atoms with Gasteiger partial charge in [-0.1, -0.05) is 0 Å². The highest BCUT2D eigenvalue weighted by Gasteiger charge is 2.09. The Balaban J connectivity index is 2.15. The maximum absolute atomic E-state index is 13.4. The second-order valence-electron chi connectivity index (χ2n) is 3.18. The number of furan rings is 1. The van der Waals surface area contributed by atoms with Crippen molar-refractivity contribution in [2.45, 2.75) is 6.54 Å². The Bertz CT molecular complexity index is 462. The lowest BCUT2D eigenvalue weighted by Gasteiger charge is -2.08. The normalized spacial score (nSPS) is 10.4. The van der Waals surface area contributed by atoms with E-state index in [1.54, 1.807) is 12.1 Å². The monoisotopic (exact) mass is 287 g/mol. The average Bonchev–Trinajstić information content (AvgIpc) is 2.68. The van der Waals surface area contributed by atoms with Crippen LogP contribution >= 0.6 is 15.9 Å². The van der Waals surface area contributed by atoms with Crippen LogP contribution in [0, 0.1) is 11.6 Å². The van der Waals surface area contributed by atoms with Crippen LogP contribution in [0.15, 0.2) is 39.4 Å². The summed E-state index contributed by atoms with van der Waals surface area (Å²) in [5.41, 5.74) is 0.220. The number of anilines is 1. The summed E-state index contributed by atoms with van der Waals surface area (Å²) in [6.45, 7) is 0.341. The van der Waals surface area contributed by atoms with Crippen LogP contribution < -0.4 is 5.32 Å². The summed E-state index contributed by atoms with van der Waals surface area (Å²) in [7, 11) is 0. The largest absolute Gasteiger partial charge is 0.467 e. The fourth-order valence-corrected chi connectivity index (χ4v) is 1.85. The van der Waals surface area contributed by atoms with Crippen molar-refractivity contribution >= 4 is 21.6 Å². The van der Waals surface area contributed by atoms with Gasteiger partial charge in [-0.3, -0.25) is 0 Å². The average molecular weight is 288 g/mol. The van der Waals surface area contributed by atoms with Gasteiger partial charge in [-0.25, -0.2) is 8.78 Å². The van der Waals surface area contributed by atoms with Gasteiger partial charge in [0.15, 0.2) is 0 Å². The highest BCUT2D eigenvalue weighted by atomic mass is 79.9. The minimum absolute atomic E-state index is 0.220. The van der Waals surface area contributed by atoms with Crippen molar-refractivity contribution in [1.82, 2.24) is 0 Å². The van der Waals surface area contributed by atoms with Crippen LogP contribution in [0.2, 0.25) is 0 Å². The Morgan fingerprint density at radius 2 is 2.12 bits per heavy atom. The lowest BCUT2D eigenvalue weighted by Crippen LogP contribution is -2.02. The summed E-state index contributed by atoms with van der Waals surface area (Å²) in [6, 6.07) is 5.54. The van der Waals surface area contributed by atoms with Crippen LogP contribution in [0.5, 0.6) is 0 Å². The molecule has 1 heterocycles. The molecule has 1 N–H and O–H groups in total. The first-order chi connectivity index (χ1) is 7.66. The third kappa shape index (κ3) is 2.41. The van der Waals surface area contributed by atoms with E-state index >= 15 is 0 Å². The molecule has 0 bridgehead atoms. The van der Waals surface area contributed by atoms with Gasteiger partial charge in [-0.05, 0) is 34.1 Å². The lowest BCUT2D eigenvalue weighted by atomic mass is 10.3. The molecule has 0 aliphatic carbocycles. The predicted octanol–water partition coefficient (Wildman–Crippen LogP) is 3.93. The van der Waals surface area contributed by atoms with Crippen molar-refractivity contribution in [1.29, 1.82) is 0 Å². The highest BCUT2D eigenvalue weighted by Crippen LogP contribution is 2.27. The van der Waals surface area contributed by atoms with Crippen LogP contribution in [0.4, 0.5) is 14.5 Å². The van der Waals surface area contributed by atoms with Crippen LogP contribution in [0.25, 0.3) is 0 Å². The fraction of sp³-hybridized carbons (Fsp3) is 0.0909. The number of benzene rings is 1. The molecule has 16 heavy (non-hydrogen) atoms. The summed E-state index contributed by atoms with van der Waals surface area (Å²) < 4.78 is 31.6. The van der Waals surface area contributed by atoms with Gasteiger partial charge in [0.25, 0.3) is 0 Å². The van der Waals surface area contributed by atoms with Gasteiger partial charge >= 0.3 is 0 Å². The number of hydrogen-bond donors (Lipinski definition) is 1. The molecule has 2 nitrogen and oxygen atoms in total. The minimum Gasteiger partial charge on any atom is -0.467 e. The maximum Gasteiger partial charge on any atom is 0.150 e. The molecule has 0 aliphatic heterocycles. The lowest BCUT2D eigenvalue weighted by molar-refractivity contribution is 0.517. The first kappa shape index (κ1) is 11.1. The summed E-state index contributed by atoms with van der Waals surface area (Å²) >= 11 is 3.09. The summed E-state index contributed by atoms with van der Waals surface area (Å²) in [5, 5.41) is 2.83. The third-order valence-electron chi connectivity index (χ3n) is 2.03. The van der Waals surface area contributed by atoms with Gasteiger partial charge in [0.2, 0.25) is 0 Å². The molecule has 0 saturated carbocycles.